The van der Waals surface area contributed by atoms with Crippen LogP contribution in [-0.2, 0) is 11.4 Å². The van der Waals surface area contributed by atoms with Crippen LogP contribution in [0.2, 0.25) is 0 Å². The lowest BCUT2D eigenvalue weighted by molar-refractivity contribution is 0.459. The summed E-state index contributed by atoms with van der Waals surface area (Å²) in [6.07, 6.45) is 0. The Balaban J connectivity index is 2.97. The Hall–Kier alpha value is -0.590. The molecule has 1 unspecified atom stereocenters. The maximum atomic E-state index is 10.3. The lowest BCUT2D eigenvalue weighted by Crippen LogP contribution is -2.00. The van der Waals surface area contributed by atoms with Gasteiger partial charge in [-0.2, -0.15) is 4.21 Å². The fraction of sp³-hybridized carbons (Fsp3) is 0. The highest BCUT2D eigenvalue weighted by molar-refractivity contribution is 9.10. The van der Waals surface area contributed by atoms with Gasteiger partial charge in [0.15, 0.2) is 5.75 Å². The van der Waals surface area contributed by atoms with E-state index >= 15 is 0 Å². The van der Waals surface area contributed by atoms with Gasteiger partial charge in [0.2, 0.25) is 0 Å². The van der Waals surface area contributed by atoms with E-state index < -0.39 is 11.4 Å². The number of nitrogen functional groups attached to an aromatic ring is 1. The molecule has 3 N–H and O–H groups in total. The van der Waals surface area contributed by atoms with E-state index in [-0.39, 0.29) is 5.75 Å². The molecule has 1 atom stereocenters. The molecule has 12 heavy (non-hydrogen) atoms. The number of rotatable bonds is 2. The molecule has 0 saturated heterocycles. The fourth-order valence-electron chi connectivity index (χ4n) is 0.657. The second-order valence-electron chi connectivity index (χ2n) is 1.98. The summed E-state index contributed by atoms with van der Waals surface area (Å²) in [5.74, 6) is 0.185. The Bertz CT molecular complexity index is 318. The predicted molar refractivity (Wildman–Crippen MR) is 50.0 cm³/mol. The first-order valence-electron chi connectivity index (χ1n) is 2.94. The van der Waals surface area contributed by atoms with Gasteiger partial charge in [0, 0.05) is 4.47 Å². The summed E-state index contributed by atoms with van der Waals surface area (Å²) in [6, 6.07) is 4.80. The van der Waals surface area contributed by atoms with Crippen LogP contribution in [0.15, 0.2) is 22.7 Å². The molecule has 66 valence electrons. The van der Waals surface area contributed by atoms with Gasteiger partial charge in [0.1, 0.15) is 0 Å². The van der Waals surface area contributed by atoms with Gasteiger partial charge in [-0.3, -0.25) is 4.55 Å². The highest BCUT2D eigenvalue weighted by Crippen LogP contribution is 2.25. The minimum atomic E-state index is -2.34. The van der Waals surface area contributed by atoms with Crippen molar-refractivity contribution in [1.82, 2.24) is 0 Å². The van der Waals surface area contributed by atoms with Gasteiger partial charge in [-0.1, -0.05) is 15.9 Å². The second-order valence-corrected chi connectivity index (χ2v) is 3.50. The molecule has 0 aliphatic rings. The van der Waals surface area contributed by atoms with Crippen molar-refractivity contribution in [3.05, 3.63) is 22.7 Å². The lowest BCUT2D eigenvalue weighted by atomic mass is 10.3. The van der Waals surface area contributed by atoms with E-state index in [1.54, 1.807) is 12.1 Å². The number of nitrogens with two attached hydrogens (primary N) is 1. The average Bonchev–Trinajstić information content (AvgIpc) is 1.96. The van der Waals surface area contributed by atoms with Gasteiger partial charge in [-0.05, 0) is 18.2 Å². The minimum Gasteiger partial charge on any atom is -0.396 e. The molecule has 0 aliphatic carbocycles. The van der Waals surface area contributed by atoms with Gasteiger partial charge in [0.25, 0.3) is 0 Å². The van der Waals surface area contributed by atoms with E-state index in [1.807, 2.05) is 0 Å². The number of hydrogen-bond acceptors (Lipinski definition) is 3. The van der Waals surface area contributed by atoms with E-state index in [0.717, 1.165) is 4.47 Å². The second kappa shape index (κ2) is 3.88. The van der Waals surface area contributed by atoms with Crippen molar-refractivity contribution in [2.24, 2.45) is 0 Å². The van der Waals surface area contributed by atoms with Crippen molar-refractivity contribution in [2.45, 2.75) is 0 Å². The molecule has 4 nitrogen and oxygen atoms in total. The summed E-state index contributed by atoms with van der Waals surface area (Å²) in [7, 11) is 0. The van der Waals surface area contributed by atoms with Crippen molar-refractivity contribution in [2.75, 3.05) is 5.73 Å². The molecule has 0 heterocycles. The normalized spacial score (nSPS) is 12.5. The molecular formula is C6H6BrNO3S. The molecule has 1 rings (SSSR count). The molecule has 1 aromatic carbocycles. The largest absolute Gasteiger partial charge is 0.396 e. The van der Waals surface area contributed by atoms with E-state index in [9.17, 15) is 4.21 Å². The van der Waals surface area contributed by atoms with Gasteiger partial charge >= 0.3 is 11.4 Å². The van der Waals surface area contributed by atoms with Crippen LogP contribution in [0, 0.1) is 0 Å². The molecule has 0 radical (unpaired) electrons. The maximum Gasteiger partial charge on any atom is 0.357 e. The van der Waals surface area contributed by atoms with Crippen LogP contribution in [-0.4, -0.2) is 8.76 Å². The zero-order chi connectivity index (χ0) is 9.14. The zero-order valence-corrected chi connectivity index (χ0v) is 8.26. The van der Waals surface area contributed by atoms with Crippen LogP contribution in [0.3, 0.4) is 0 Å². The summed E-state index contributed by atoms with van der Waals surface area (Å²) in [5, 5.41) is 0. The lowest BCUT2D eigenvalue weighted by Gasteiger charge is -2.03. The summed E-state index contributed by atoms with van der Waals surface area (Å²) in [5.41, 5.74) is 5.77. The number of benzene rings is 1. The monoisotopic (exact) mass is 251 g/mol. The molecule has 0 fully saturated rings. The van der Waals surface area contributed by atoms with Crippen LogP contribution in [0.5, 0.6) is 5.75 Å². The van der Waals surface area contributed by atoms with Crippen LogP contribution < -0.4 is 9.92 Å². The molecule has 0 saturated carbocycles. The number of halogens is 1. The zero-order valence-electron chi connectivity index (χ0n) is 5.86. The highest BCUT2D eigenvalue weighted by atomic mass is 79.9. The molecule has 1 aromatic rings. The highest BCUT2D eigenvalue weighted by Gasteiger charge is 2.03. The molecule has 0 aromatic heterocycles. The Labute approximate surface area is 80.3 Å². The van der Waals surface area contributed by atoms with Gasteiger partial charge < -0.3 is 9.92 Å². The standard InChI is InChI=1S/C6H6BrNO3S/c7-4-1-2-5(8)6(3-4)11-12(9)10/h1-3H,8H2,(H,9,10). The molecule has 0 amide bonds. The van der Waals surface area contributed by atoms with Crippen LogP contribution in [0.1, 0.15) is 0 Å². The van der Waals surface area contributed by atoms with Gasteiger partial charge in [-0.15, -0.1) is 0 Å². The van der Waals surface area contributed by atoms with Crippen molar-refractivity contribution >= 4 is 33.0 Å². The van der Waals surface area contributed by atoms with Crippen LogP contribution >= 0.6 is 15.9 Å². The Kier molecular flexibility index (Phi) is 3.07. The molecular weight excluding hydrogens is 246 g/mol. The van der Waals surface area contributed by atoms with E-state index in [0.29, 0.717) is 5.69 Å². The SMILES string of the molecule is Nc1ccc(Br)cc1OS(=O)O. The number of anilines is 1. The first kappa shape index (κ1) is 9.50. The summed E-state index contributed by atoms with van der Waals surface area (Å²) in [4.78, 5) is 0. The predicted octanol–water partition coefficient (Wildman–Crippen LogP) is 1.55. The number of hydrogen-bond donors (Lipinski definition) is 2. The maximum absolute atomic E-state index is 10.3. The van der Waals surface area contributed by atoms with E-state index in [2.05, 4.69) is 20.1 Å². The topological polar surface area (TPSA) is 72.5 Å². The van der Waals surface area contributed by atoms with Crippen molar-refractivity contribution in [3.8, 4) is 5.75 Å². The van der Waals surface area contributed by atoms with Crippen LogP contribution in [0.25, 0.3) is 0 Å². The summed E-state index contributed by atoms with van der Waals surface area (Å²) >= 11 is 0.834. The third-order valence-electron chi connectivity index (χ3n) is 1.14. The van der Waals surface area contributed by atoms with Crippen molar-refractivity contribution in [3.63, 3.8) is 0 Å². The quantitative estimate of drug-likeness (QED) is 0.618. The molecule has 6 heteroatoms. The van der Waals surface area contributed by atoms with Crippen LogP contribution in [0.4, 0.5) is 5.69 Å². The first-order chi connectivity index (χ1) is 5.59. The molecule has 0 spiro atoms. The average molecular weight is 252 g/mol. The third kappa shape index (κ3) is 2.47. The van der Waals surface area contributed by atoms with Crippen molar-refractivity contribution < 1.29 is 12.9 Å². The van der Waals surface area contributed by atoms with Crippen molar-refractivity contribution in [1.29, 1.82) is 0 Å². The minimum absolute atomic E-state index is 0.185. The molecule has 0 aliphatic heterocycles. The van der Waals surface area contributed by atoms with Gasteiger partial charge in [-0.25, -0.2) is 0 Å². The third-order valence-corrected chi connectivity index (χ3v) is 1.95. The van der Waals surface area contributed by atoms with Gasteiger partial charge in [0.05, 0.1) is 5.69 Å². The molecule has 0 bridgehead atoms. The Morgan fingerprint density at radius 2 is 2.25 bits per heavy atom. The van der Waals surface area contributed by atoms with E-state index in [1.165, 1.54) is 6.07 Å². The Morgan fingerprint density at radius 3 is 2.83 bits per heavy atom. The van der Waals surface area contributed by atoms with E-state index in [4.69, 9.17) is 10.3 Å². The first-order valence-corrected chi connectivity index (χ1v) is 4.76. The Morgan fingerprint density at radius 1 is 1.58 bits per heavy atom. The smallest absolute Gasteiger partial charge is 0.357 e. The fourth-order valence-corrected chi connectivity index (χ4v) is 1.30. The summed E-state index contributed by atoms with van der Waals surface area (Å²) in [6.45, 7) is 0. The summed E-state index contributed by atoms with van der Waals surface area (Å²) < 4.78 is 23.9.